The molecule has 3 nitrogen and oxygen atoms in total. The maximum absolute atomic E-state index is 11.5. The lowest BCUT2D eigenvalue weighted by molar-refractivity contribution is -0.138. The summed E-state index contributed by atoms with van der Waals surface area (Å²) in [6.07, 6.45) is 0. The lowest BCUT2D eigenvalue weighted by Crippen LogP contribution is -2.20. The molecule has 1 atom stereocenters. The molecule has 0 saturated carbocycles. The first kappa shape index (κ1) is 14.9. The molecule has 0 bridgehead atoms. The molecular formula is C15H13BrClNO2. The molecule has 1 unspecified atom stereocenters. The van der Waals surface area contributed by atoms with Gasteiger partial charge in [-0.25, -0.2) is 4.79 Å². The molecule has 2 rings (SSSR count). The monoisotopic (exact) mass is 353 g/mol. The smallest absolute Gasteiger partial charge is 0.330 e. The van der Waals surface area contributed by atoms with Gasteiger partial charge in [0.25, 0.3) is 0 Å². The molecular weight excluding hydrogens is 342 g/mol. The first-order chi connectivity index (χ1) is 9.47. The highest BCUT2D eigenvalue weighted by Crippen LogP contribution is 2.25. The Morgan fingerprint density at radius 2 is 2.05 bits per heavy atom. The van der Waals surface area contributed by atoms with Gasteiger partial charge < -0.3 is 10.4 Å². The van der Waals surface area contributed by atoms with Crippen molar-refractivity contribution >= 4 is 39.2 Å². The zero-order valence-corrected chi connectivity index (χ0v) is 13.1. The van der Waals surface area contributed by atoms with Gasteiger partial charge in [0.1, 0.15) is 0 Å². The zero-order valence-electron chi connectivity index (χ0n) is 10.7. The van der Waals surface area contributed by atoms with Crippen LogP contribution in [0.1, 0.15) is 17.2 Å². The van der Waals surface area contributed by atoms with E-state index in [-0.39, 0.29) is 0 Å². The lowest BCUT2D eigenvalue weighted by Gasteiger charge is -2.17. The minimum atomic E-state index is -0.938. The quantitative estimate of drug-likeness (QED) is 0.840. The van der Waals surface area contributed by atoms with Crippen molar-refractivity contribution in [3.63, 3.8) is 0 Å². The Kier molecular flexibility index (Phi) is 4.68. The highest BCUT2D eigenvalue weighted by Gasteiger charge is 2.20. The van der Waals surface area contributed by atoms with Gasteiger partial charge in [0.2, 0.25) is 0 Å². The largest absolute Gasteiger partial charge is 0.479 e. The molecule has 0 saturated heterocycles. The van der Waals surface area contributed by atoms with Gasteiger partial charge in [-0.2, -0.15) is 0 Å². The van der Waals surface area contributed by atoms with Gasteiger partial charge in [-0.3, -0.25) is 0 Å². The fourth-order valence-corrected chi connectivity index (χ4v) is 2.32. The number of hydrogen-bond donors (Lipinski definition) is 2. The second-order valence-electron chi connectivity index (χ2n) is 4.43. The predicted molar refractivity (Wildman–Crippen MR) is 84.3 cm³/mol. The van der Waals surface area contributed by atoms with Crippen molar-refractivity contribution in [1.29, 1.82) is 0 Å². The standard InChI is InChI=1S/C15H13BrClNO2/c1-9-7-10(5-6-13(9)16)14(15(19)20)18-12-4-2-3-11(17)8-12/h2-8,14,18H,1H3,(H,19,20). The number of aryl methyl sites for hydroxylation is 1. The molecule has 104 valence electrons. The van der Waals surface area contributed by atoms with Crippen LogP contribution in [0.3, 0.4) is 0 Å². The van der Waals surface area contributed by atoms with Gasteiger partial charge in [0.05, 0.1) is 0 Å². The van der Waals surface area contributed by atoms with E-state index in [1.807, 2.05) is 19.1 Å². The fourth-order valence-electron chi connectivity index (χ4n) is 1.88. The SMILES string of the molecule is Cc1cc(C(Nc2cccc(Cl)c2)C(=O)O)ccc1Br. The lowest BCUT2D eigenvalue weighted by atomic mass is 10.0. The minimum absolute atomic E-state index is 0.561. The number of rotatable bonds is 4. The van der Waals surface area contributed by atoms with Crippen molar-refractivity contribution in [1.82, 2.24) is 0 Å². The van der Waals surface area contributed by atoms with E-state index in [1.165, 1.54) is 0 Å². The number of anilines is 1. The van der Waals surface area contributed by atoms with E-state index in [9.17, 15) is 9.90 Å². The van der Waals surface area contributed by atoms with Crippen molar-refractivity contribution < 1.29 is 9.90 Å². The molecule has 0 aliphatic rings. The molecule has 20 heavy (non-hydrogen) atoms. The summed E-state index contributed by atoms with van der Waals surface area (Å²) in [5.74, 6) is -0.938. The average molecular weight is 355 g/mol. The Labute approximate surface area is 130 Å². The van der Waals surface area contributed by atoms with Crippen LogP contribution in [0.4, 0.5) is 5.69 Å². The molecule has 0 aliphatic heterocycles. The topological polar surface area (TPSA) is 49.3 Å². The summed E-state index contributed by atoms with van der Waals surface area (Å²) in [6.45, 7) is 1.92. The van der Waals surface area contributed by atoms with Gasteiger partial charge in [-0.15, -0.1) is 0 Å². The highest BCUT2D eigenvalue weighted by atomic mass is 79.9. The third-order valence-electron chi connectivity index (χ3n) is 2.90. The second kappa shape index (κ2) is 6.29. The van der Waals surface area contributed by atoms with E-state index in [1.54, 1.807) is 30.3 Å². The van der Waals surface area contributed by atoms with Crippen LogP contribution < -0.4 is 5.32 Å². The predicted octanol–water partition coefficient (Wildman–Crippen LogP) is 4.65. The van der Waals surface area contributed by atoms with Crippen LogP contribution in [0.25, 0.3) is 0 Å². The first-order valence-corrected chi connectivity index (χ1v) is 7.15. The molecule has 0 spiro atoms. The van der Waals surface area contributed by atoms with Crippen LogP contribution in [0.5, 0.6) is 0 Å². The summed E-state index contributed by atoms with van der Waals surface area (Å²) in [6, 6.07) is 11.7. The third-order valence-corrected chi connectivity index (χ3v) is 4.02. The van der Waals surface area contributed by atoms with Crippen LogP contribution in [0.15, 0.2) is 46.9 Å². The number of carbonyl (C=O) groups is 1. The summed E-state index contributed by atoms with van der Waals surface area (Å²) in [5.41, 5.74) is 2.35. The van der Waals surface area contributed by atoms with Gasteiger partial charge in [-0.1, -0.05) is 45.7 Å². The molecule has 0 heterocycles. The molecule has 0 aliphatic carbocycles. The second-order valence-corrected chi connectivity index (χ2v) is 5.73. The van der Waals surface area contributed by atoms with Crippen LogP contribution in [0.2, 0.25) is 5.02 Å². The Bertz CT molecular complexity index is 646. The van der Waals surface area contributed by atoms with Crippen molar-refractivity contribution in [2.45, 2.75) is 13.0 Å². The van der Waals surface area contributed by atoms with Gasteiger partial charge in [0, 0.05) is 15.2 Å². The van der Waals surface area contributed by atoms with E-state index in [4.69, 9.17) is 11.6 Å². The maximum Gasteiger partial charge on any atom is 0.330 e. The molecule has 2 aromatic carbocycles. The van der Waals surface area contributed by atoms with Gasteiger partial charge in [0.15, 0.2) is 6.04 Å². The zero-order chi connectivity index (χ0) is 14.7. The molecule has 0 amide bonds. The van der Waals surface area contributed by atoms with Crippen LogP contribution >= 0.6 is 27.5 Å². The summed E-state index contributed by atoms with van der Waals surface area (Å²) >= 11 is 9.31. The van der Waals surface area contributed by atoms with Gasteiger partial charge >= 0.3 is 5.97 Å². The van der Waals surface area contributed by atoms with Crippen LogP contribution in [0, 0.1) is 6.92 Å². The molecule has 0 radical (unpaired) electrons. The number of nitrogens with one attached hydrogen (secondary N) is 1. The van der Waals surface area contributed by atoms with E-state index in [2.05, 4.69) is 21.2 Å². The van der Waals surface area contributed by atoms with E-state index < -0.39 is 12.0 Å². The maximum atomic E-state index is 11.5. The van der Waals surface area contributed by atoms with E-state index >= 15 is 0 Å². The van der Waals surface area contributed by atoms with Crippen molar-refractivity contribution in [3.8, 4) is 0 Å². The van der Waals surface area contributed by atoms with E-state index in [0.717, 1.165) is 10.0 Å². The summed E-state index contributed by atoms with van der Waals surface area (Å²) in [4.78, 5) is 11.5. The van der Waals surface area contributed by atoms with Crippen molar-refractivity contribution in [2.24, 2.45) is 0 Å². The molecule has 2 N–H and O–H groups in total. The van der Waals surface area contributed by atoms with Crippen molar-refractivity contribution in [3.05, 3.63) is 63.1 Å². The van der Waals surface area contributed by atoms with Crippen molar-refractivity contribution in [2.75, 3.05) is 5.32 Å². The summed E-state index contributed by atoms with van der Waals surface area (Å²) in [5, 5.41) is 13.0. The minimum Gasteiger partial charge on any atom is -0.479 e. The van der Waals surface area contributed by atoms with Crippen LogP contribution in [-0.4, -0.2) is 11.1 Å². The van der Waals surface area contributed by atoms with Gasteiger partial charge in [-0.05, 0) is 42.3 Å². The average Bonchev–Trinajstić information content (AvgIpc) is 2.39. The van der Waals surface area contributed by atoms with Crippen LogP contribution in [-0.2, 0) is 4.79 Å². The molecule has 5 heteroatoms. The third kappa shape index (κ3) is 3.52. The number of hydrogen-bond acceptors (Lipinski definition) is 2. The molecule has 2 aromatic rings. The Hall–Kier alpha value is -1.52. The summed E-state index contributed by atoms with van der Waals surface area (Å²) in [7, 11) is 0. The number of carboxylic acids is 1. The normalized spacial score (nSPS) is 11.9. The highest BCUT2D eigenvalue weighted by molar-refractivity contribution is 9.10. The number of carboxylic acid groups (broad SMARTS) is 1. The number of halogens is 2. The Morgan fingerprint density at radius 1 is 1.30 bits per heavy atom. The Balaban J connectivity index is 2.32. The molecule has 0 aromatic heterocycles. The summed E-state index contributed by atoms with van der Waals surface area (Å²) < 4.78 is 0.952. The Morgan fingerprint density at radius 3 is 2.65 bits per heavy atom. The van der Waals surface area contributed by atoms with E-state index in [0.29, 0.717) is 16.3 Å². The first-order valence-electron chi connectivity index (χ1n) is 5.98. The molecule has 0 fully saturated rings. The number of benzene rings is 2. The fraction of sp³-hybridized carbons (Fsp3) is 0.133. The number of aliphatic carboxylic acids is 1.